The quantitative estimate of drug-likeness (QED) is 0.612. The molecule has 0 saturated heterocycles. The van der Waals surface area contributed by atoms with Gasteiger partial charge in [0.1, 0.15) is 6.61 Å². The van der Waals surface area contributed by atoms with Crippen molar-refractivity contribution in [3.8, 4) is 11.5 Å². The van der Waals surface area contributed by atoms with Crippen molar-refractivity contribution < 1.29 is 14.2 Å². The van der Waals surface area contributed by atoms with Crippen LogP contribution in [-0.2, 0) is 17.9 Å². The Bertz CT molecular complexity index is 638. The lowest BCUT2D eigenvalue weighted by Crippen LogP contribution is -2.17. The second-order valence-electron chi connectivity index (χ2n) is 5.35. The van der Waals surface area contributed by atoms with E-state index in [0.29, 0.717) is 18.2 Å². The largest absolute Gasteiger partial charge is 0.493 e. The lowest BCUT2D eigenvalue weighted by Gasteiger charge is -2.16. The summed E-state index contributed by atoms with van der Waals surface area (Å²) < 4.78 is 16.5. The highest BCUT2D eigenvalue weighted by Gasteiger charge is 2.11. The van der Waals surface area contributed by atoms with Gasteiger partial charge in [-0.15, -0.1) is 12.4 Å². The van der Waals surface area contributed by atoms with Crippen LogP contribution >= 0.6 is 24.0 Å². The van der Waals surface area contributed by atoms with Gasteiger partial charge in [-0.1, -0.05) is 41.9 Å². The summed E-state index contributed by atoms with van der Waals surface area (Å²) in [7, 11) is 3.36. The summed E-state index contributed by atoms with van der Waals surface area (Å²) >= 11 is 6.20. The number of ether oxygens (including phenoxy) is 3. The van der Waals surface area contributed by atoms with Gasteiger partial charge >= 0.3 is 0 Å². The number of hydrogen-bond donors (Lipinski definition) is 1. The van der Waals surface area contributed by atoms with Gasteiger partial charge in [-0.05, 0) is 25.1 Å². The Morgan fingerprint density at radius 3 is 2.48 bits per heavy atom. The van der Waals surface area contributed by atoms with E-state index in [4.69, 9.17) is 25.8 Å². The summed E-state index contributed by atoms with van der Waals surface area (Å²) in [6.45, 7) is 2.74. The Kier molecular flexibility index (Phi) is 10.3. The minimum absolute atomic E-state index is 0. The highest BCUT2D eigenvalue weighted by molar-refractivity contribution is 6.31. The van der Waals surface area contributed by atoms with Crippen LogP contribution in [0.2, 0.25) is 5.02 Å². The molecule has 0 fully saturated rings. The average molecular weight is 386 g/mol. The van der Waals surface area contributed by atoms with E-state index < -0.39 is 0 Å². The first kappa shape index (κ1) is 21.6. The molecule has 6 heteroatoms. The Balaban J connectivity index is 0.00000312. The molecule has 2 aromatic rings. The zero-order valence-corrected chi connectivity index (χ0v) is 16.2. The molecule has 0 saturated carbocycles. The summed E-state index contributed by atoms with van der Waals surface area (Å²) in [4.78, 5) is 0. The van der Waals surface area contributed by atoms with Crippen LogP contribution in [0.1, 0.15) is 17.5 Å². The molecule has 0 aliphatic carbocycles. The van der Waals surface area contributed by atoms with Crippen molar-refractivity contribution >= 4 is 24.0 Å². The van der Waals surface area contributed by atoms with Crippen molar-refractivity contribution in [2.24, 2.45) is 0 Å². The molecule has 1 N–H and O–H groups in total. The molecule has 2 aromatic carbocycles. The number of benzene rings is 2. The first-order chi connectivity index (χ1) is 11.8. The molecule has 138 valence electrons. The lowest BCUT2D eigenvalue weighted by atomic mass is 10.1. The summed E-state index contributed by atoms with van der Waals surface area (Å²) in [6.07, 6.45) is 0.969. The van der Waals surface area contributed by atoms with Gasteiger partial charge in [0.05, 0.1) is 7.11 Å². The van der Waals surface area contributed by atoms with Crippen LogP contribution in [0.25, 0.3) is 0 Å². The Hall–Kier alpha value is -1.46. The fraction of sp³-hybridized carbons (Fsp3) is 0.368. The highest BCUT2D eigenvalue weighted by Crippen LogP contribution is 2.32. The van der Waals surface area contributed by atoms with Crippen molar-refractivity contribution in [2.45, 2.75) is 19.6 Å². The van der Waals surface area contributed by atoms with Gasteiger partial charge in [0.25, 0.3) is 0 Å². The van der Waals surface area contributed by atoms with E-state index in [9.17, 15) is 0 Å². The van der Waals surface area contributed by atoms with Crippen molar-refractivity contribution in [3.05, 3.63) is 58.6 Å². The molecular weight excluding hydrogens is 361 g/mol. The maximum Gasteiger partial charge on any atom is 0.166 e. The zero-order chi connectivity index (χ0) is 17.2. The zero-order valence-electron chi connectivity index (χ0n) is 14.6. The van der Waals surface area contributed by atoms with Gasteiger partial charge in [0.15, 0.2) is 11.5 Å². The van der Waals surface area contributed by atoms with Crippen LogP contribution in [-0.4, -0.2) is 27.4 Å². The van der Waals surface area contributed by atoms with Crippen LogP contribution < -0.4 is 14.8 Å². The molecule has 0 aliphatic rings. The van der Waals surface area contributed by atoms with Crippen LogP contribution in [0.3, 0.4) is 0 Å². The predicted molar refractivity (Wildman–Crippen MR) is 104 cm³/mol. The summed E-state index contributed by atoms with van der Waals surface area (Å²) in [5.74, 6) is 1.47. The molecule has 4 nitrogen and oxygen atoms in total. The normalized spacial score (nSPS) is 10.2. The standard InChI is InChI=1S/C19H24ClNO3.ClH/c1-22-12-6-11-21-13-15-8-5-10-18(23-2)19(15)24-14-16-7-3-4-9-17(16)20;/h3-5,7-10,21H,6,11-14H2,1-2H3;1H. The van der Waals surface area contributed by atoms with Gasteiger partial charge in [0, 0.05) is 36.4 Å². The van der Waals surface area contributed by atoms with Gasteiger partial charge in [-0.2, -0.15) is 0 Å². The number of halogens is 2. The van der Waals surface area contributed by atoms with Gasteiger partial charge in [-0.25, -0.2) is 0 Å². The van der Waals surface area contributed by atoms with E-state index in [-0.39, 0.29) is 12.4 Å². The Morgan fingerprint density at radius 1 is 1.00 bits per heavy atom. The molecule has 0 radical (unpaired) electrons. The fourth-order valence-electron chi connectivity index (χ4n) is 2.35. The maximum absolute atomic E-state index is 6.20. The van der Waals surface area contributed by atoms with Crippen LogP contribution in [0.5, 0.6) is 11.5 Å². The van der Waals surface area contributed by atoms with Crippen LogP contribution in [0.4, 0.5) is 0 Å². The van der Waals surface area contributed by atoms with E-state index in [2.05, 4.69) is 5.32 Å². The Morgan fingerprint density at radius 2 is 1.76 bits per heavy atom. The van der Waals surface area contributed by atoms with E-state index in [1.165, 1.54) is 0 Å². The van der Waals surface area contributed by atoms with Crippen molar-refractivity contribution in [1.82, 2.24) is 5.32 Å². The van der Waals surface area contributed by atoms with Gasteiger partial charge < -0.3 is 19.5 Å². The Labute approximate surface area is 160 Å². The van der Waals surface area contributed by atoms with Crippen LogP contribution in [0.15, 0.2) is 42.5 Å². The monoisotopic (exact) mass is 385 g/mol. The number of para-hydroxylation sites is 1. The lowest BCUT2D eigenvalue weighted by molar-refractivity contribution is 0.194. The minimum atomic E-state index is 0. The van der Waals surface area contributed by atoms with Crippen LogP contribution in [0, 0.1) is 0 Å². The number of rotatable bonds is 10. The second kappa shape index (κ2) is 12.0. The third kappa shape index (κ3) is 6.75. The smallest absolute Gasteiger partial charge is 0.166 e. The minimum Gasteiger partial charge on any atom is -0.493 e. The summed E-state index contributed by atoms with van der Waals surface area (Å²) in [6, 6.07) is 13.6. The predicted octanol–water partition coefficient (Wildman–Crippen LogP) is 4.48. The first-order valence-electron chi connectivity index (χ1n) is 7.98. The van der Waals surface area contributed by atoms with E-state index in [1.807, 2.05) is 42.5 Å². The topological polar surface area (TPSA) is 39.7 Å². The average Bonchev–Trinajstić information content (AvgIpc) is 2.61. The van der Waals surface area contributed by atoms with Gasteiger partial charge in [-0.3, -0.25) is 0 Å². The summed E-state index contributed by atoms with van der Waals surface area (Å²) in [5.41, 5.74) is 2.00. The number of nitrogens with one attached hydrogen (secondary N) is 1. The second-order valence-corrected chi connectivity index (χ2v) is 5.76. The molecule has 0 heterocycles. The molecule has 0 aromatic heterocycles. The molecule has 0 atom stereocenters. The maximum atomic E-state index is 6.20. The van der Waals surface area contributed by atoms with Crippen molar-refractivity contribution in [3.63, 3.8) is 0 Å². The molecule has 0 amide bonds. The SMILES string of the molecule is COCCCNCc1cccc(OC)c1OCc1ccccc1Cl.Cl. The van der Waals surface area contributed by atoms with Crippen molar-refractivity contribution in [1.29, 1.82) is 0 Å². The molecule has 0 unspecified atom stereocenters. The van der Waals surface area contributed by atoms with Crippen molar-refractivity contribution in [2.75, 3.05) is 27.4 Å². The van der Waals surface area contributed by atoms with E-state index >= 15 is 0 Å². The molecule has 0 aliphatic heterocycles. The molecule has 25 heavy (non-hydrogen) atoms. The van der Waals surface area contributed by atoms with E-state index in [0.717, 1.165) is 42.2 Å². The first-order valence-corrected chi connectivity index (χ1v) is 8.35. The molecule has 2 rings (SSSR count). The highest BCUT2D eigenvalue weighted by atomic mass is 35.5. The molecule has 0 bridgehead atoms. The fourth-order valence-corrected chi connectivity index (χ4v) is 2.55. The third-order valence-electron chi connectivity index (χ3n) is 3.63. The summed E-state index contributed by atoms with van der Waals surface area (Å²) in [5, 5.41) is 4.10. The van der Waals surface area contributed by atoms with E-state index in [1.54, 1.807) is 14.2 Å². The third-order valence-corrected chi connectivity index (χ3v) is 4.00. The van der Waals surface area contributed by atoms with Gasteiger partial charge in [0.2, 0.25) is 0 Å². The number of methoxy groups -OCH3 is 2. The molecular formula is C19H25Cl2NO3. The molecule has 0 spiro atoms. The number of hydrogen-bond acceptors (Lipinski definition) is 4.